The van der Waals surface area contributed by atoms with E-state index < -0.39 is 0 Å². The molecule has 0 aliphatic carbocycles. The van der Waals surface area contributed by atoms with Gasteiger partial charge in [0.15, 0.2) is 0 Å². The summed E-state index contributed by atoms with van der Waals surface area (Å²) in [7, 11) is 1.95. The van der Waals surface area contributed by atoms with E-state index >= 15 is 0 Å². The molecule has 0 saturated heterocycles. The van der Waals surface area contributed by atoms with E-state index in [2.05, 4.69) is 30.5 Å². The Morgan fingerprint density at radius 2 is 2.24 bits per heavy atom. The quantitative estimate of drug-likeness (QED) is 0.573. The highest BCUT2D eigenvalue weighted by molar-refractivity contribution is 6.17. The number of aryl methyl sites for hydroxylation is 1. The van der Waals surface area contributed by atoms with Crippen molar-refractivity contribution in [3.05, 3.63) is 18.0 Å². The number of hydrogen-bond acceptors (Lipinski definition) is 2. The van der Waals surface area contributed by atoms with Crippen LogP contribution in [0.15, 0.2) is 12.4 Å². The highest BCUT2D eigenvalue weighted by Crippen LogP contribution is 2.21. The lowest BCUT2D eigenvalue weighted by Crippen LogP contribution is -2.30. The molecule has 1 N–H and O–H groups in total. The van der Waals surface area contributed by atoms with E-state index in [9.17, 15) is 0 Å². The zero-order valence-electron chi connectivity index (χ0n) is 11.2. The molecule has 0 radical (unpaired) electrons. The van der Waals surface area contributed by atoms with E-state index in [1.807, 2.05) is 17.9 Å². The fourth-order valence-corrected chi connectivity index (χ4v) is 2.03. The first-order valence-corrected chi connectivity index (χ1v) is 6.81. The molecule has 1 rings (SSSR count). The van der Waals surface area contributed by atoms with Crippen molar-refractivity contribution in [2.45, 2.75) is 33.1 Å². The van der Waals surface area contributed by atoms with Gasteiger partial charge in [-0.1, -0.05) is 13.8 Å². The van der Waals surface area contributed by atoms with Gasteiger partial charge < -0.3 is 5.32 Å². The lowest BCUT2D eigenvalue weighted by Gasteiger charge is -2.24. The van der Waals surface area contributed by atoms with Gasteiger partial charge in [-0.25, -0.2) is 0 Å². The predicted octanol–water partition coefficient (Wildman–Crippen LogP) is 2.60. The SMILES string of the molecule is Cn1cc(CCNCC(C)(C)CCCCl)cn1. The van der Waals surface area contributed by atoms with Crippen molar-refractivity contribution in [2.75, 3.05) is 19.0 Å². The van der Waals surface area contributed by atoms with Gasteiger partial charge in [-0.05, 0) is 36.8 Å². The molecule has 4 heteroatoms. The molecule has 0 unspecified atom stereocenters. The Morgan fingerprint density at radius 1 is 1.47 bits per heavy atom. The van der Waals surface area contributed by atoms with Crippen LogP contribution >= 0.6 is 11.6 Å². The number of aromatic nitrogens is 2. The Labute approximate surface area is 110 Å². The minimum absolute atomic E-state index is 0.337. The highest BCUT2D eigenvalue weighted by atomic mass is 35.5. The maximum Gasteiger partial charge on any atom is 0.0522 e. The van der Waals surface area contributed by atoms with Crippen LogP contribution in [0.3, 0.4) is 0 Å². The summed E-state index contributed by atoms with van der Waals surface area (Å²) >= 11 is 5.72. The van der Waals surface area contributed by atoms with Crippen molar-refractivity contribution in [3.8, 4) is 0 Å². The highest BCUT2D eigenvalue weighted by Gasteiger charge is 2.16. The maximum absolute atomic E-state index is 5.72. The van der Waals surface area contributed by atoms with E-state index in [0.29, 0.717) is 5.41 Å². The second kappa shape index (κ2) is 7.02. The summed E-state index contributed by atoms with van der Waals surface area (Å²) in [5, 5.41) is 7.67. The summed E-state index contributed by atoms with van der Waals surface area (Å²) in [6.07, 6.45) is 7.31. The largest absolute Gasteiger partial charge is 0.316 e. The third-order valence-corrected chi connectivity index (χ3v) is 3.21. The first-order chi connectivity index (χ1) is 8.03. The Hall–Kier alpha value is -0.540. The van der Waals surface area contributed by atoms with E-state index in [1.54, 1.807) is 0 Å². The van der Waals surface area contributed by atoms with E-state index in [-0.39, 0.29) is 0 Å². The Balaban J connectivity index is 2.15. The lowest BCUT2D eigenvalue weighted by atomic mass is 9.88. The molecule has 0 fully saturated rings. The number of nitrogens with zero attached hydrogens (tertiary/aromatic N) is 2. The second-order valence-corrected chi connectivity index (χ2v) is 5.78. The average Bonchev–Trinajstić information content (AvgIpc) is 2.68. The molecule has 0 saturated carbocycles. The first kappa shape index (κ1) is 14.5. The molecule has 17 heavy (non-hydrogen) atoms. The number of halogens is 1. The molecule has 0 atom stereocenters. The Kier molecular flexibility index (Phi) is 6.00. The second-order valence-electron chi connectivity index (χ2n) is 5.41. The molecule has 0 aliphatic heterocycles. The fraction of sp³-hybridized carbons (Fsp3) is 0.769. The molecule has 1 aromatic rings. The van der Waals surface area contributed by atoms with Crippen molar-refractivity contribution >= 4 is 11.6 Å². The van der Waals surface area contributed by atoms with Crippen molar-refractivity contribution in [1.29, 1.82) is 0 Å². The molecule has 3 nitrogen and oxygen atoms in total. The number of hydrogen-bond donors (Lipinski definition) is 1. The summed E-state index contributed by atoms with van der Waals surface area (Å²) in [6, 6.07) is 0. The van der Waals surface area contributed by atoms with Crippen LogP contribution in [0, 0.1) is 5.41 Å². The van der Waals surface area contributed by atoms with Gasteiger partial charge in [-0.15, -0.1) is 11.6 Å². The number of rotatable bonds is 8. The van der Waals surface area contributed by atoms with E-state index in [0.717, 1.165) is 31.8 Å². The summed E-state index contributed by atoms with van der Waals surface area (Å²) in [5.74, 6) is 0.763. The number of alkyl halides is 1. The zero-order chi connectivity index (χ0) is 12.7. The minimum Gasteiger partial charge on any atom is -0.316 e. The van der Waals surface area contributed by atoms with E-state index in [4.69, 9.17) is 11.6 Å². The summed E-state index contributed by atoms with van der Waals surface area (Å²) < 4.78 is 1.85. The number of nitrogens with one attached hydrogen (secondary N) is 1. The van der Waals surface area contributed by atoms with Gasteiger partial charge in [0.05, 0.1) is 6.20 Å². The third kappa shape index (κ3) is 6.08. The van der Waals surface area contributed by atoms with Gasteiger partial charge in [0, 0.05) is 25.7 Å². The van der Waals surface area contributed by atoms with Crippen LogP contribution in [-0.2, 0) is 13.5 Å². The van der Waals surface area contributed by atoms with Crippen LogP contribution in [0.2, 0.25) is 0 Å². The maximum atomic E-state index is 5.72. The van der Waals surface area contributed by atoms with Crippen LogP contribution in [0.4, 0.5) is 0 Å². The standard InChI is InChI=1S/C13H24ClN3/c1-13(2,6-4-7-14)11-15-8-5-12-9-16-17(3)10-12/h9-10,15H,4-8,11H2,1-3H3. The molecule has 0 bridgehead atoms. The van der Waals surface area contributed by atoms with E-state index in [1.165, 1.54) is 12.0 Å². The van der Waals surface area contributed by atoms with Gasteiger partial charge in [0.1, 0.15) is 0 Å². The molecule has 0 aromatic carbocycles. The van der Waals surface area contributed by atoms with Crippen LogP contribution < -0.4 is 5.32 Å². The predicted molar refractivity (Wildman–Crippen MR) is 73.5 cm³/mol. The monoisotopic (exact) mass is 257 g/mol. The summed E-state index contributed by atoms with van der Waals surface area (Å²) in [4.78, 5) is 0. The molecular formula is C13H24ClN3. The fourth-order valence-electron chi connectivity index (χ4n) is 1.89. The molecule has 98 valence electrons. The molecule has 0 aliphatic rings. The average molecular weight is 258 g/mol. The normalized spacial score (nSPS) is 12.0. The zero-order valence-corrected chi connectivity index (χ0v) is 11.9. The van der Waals surface area contributed by atoms with Gasteiger partial charge in [0.2, 0.25) is 0 Å². The summed E-state index contributed by atoms with van der Waals surface area (Å²) in [6.45, 7) is 6.63. The van der Waals surface area contributed by atoms with Crippen LogP contribution in [0.5, 0.6) is 0 Å². The molecular weight excluding hydrogens is 234 g/mol. The van der Waals surface area contributed by atoms with Gasteiger partial charge in [0.25, 0.3) is 0 Å². The lowest BCUT2D eigenvalue weighted by molar-refractivity contribution is 0.313. The van der Waals surface area contributed by atoms with Crippen molar-refractivity contribution in [3.63, 3.8) is 0 Å². The molecule has 1 aromatic heterocycles. The van der Waals surface area contributed by atoms with Crippen LogP contribution in [0.25, 0.3) is 0 Å². The van der Waals surface area contributed by atoms with Crippen LogP contribution in [0.1, 0.15) is 32.3 Å². The molecule has 0 amide bonds. The Bertz CT molecular complexity index is 320. The van der Waals surface area contributed by atoms with Crippen molar-refractivity contribution in [1.82, 2.24) is 15.1 Å². The summed E-state index contributed by atoms with van der Waals surface area (Å²) in [5.41, 5.74) is 1.63. The topological polar surface area (TPSA) is 29.9 Å². The van der Waals surface area contributed by atoms with Crippen LogP contribution in [-0.4, -0.2) is 28.8 Å². The smallest absolute Gasteiger partial charge is 0.0522 e. The van der Waals surface area contributed by atoms with Crippen molar-refractivity contribution < 1.29 is 0 Å². The molecule has 1 heterocycles. The minimum atomic E-state index is 0.337. The Morgan fingerprint density at radius 3 is 2.82 bits per heavy atom. The first-order valence-electron chi connectivity index (χ1n) is 6.28. The molecule has 0 spiro atoms. The van der Waals surface area contributed by atoms with Gasteiger partial charge >= 0.3 is 0 Å². The van der Waals surface area contributed by atoms with Gasteiger partial charge in [-0.3, -0.25) is 4.68 Å². The van der Waals surface area contributed by atoms with Crippen molar-refractivity contribution in [2.24, 2.45) is 12.5 Å². The third-order valence-electron chi connectivity index (χ3n) is 2.94. The van der Waals surface area contributed by atoms with Gasteiger partial charge in [-0.2, -0.15) is 5.10 Å².